The van der Waals surface area contributed by atoms with Gasteiger partial charge in [0.25, 0.3) is 0 Å². The first-order valence-electron chi connectivity index (χ1n) is 5.32. The Kier molecular flexibility index (Phi) is 5.16. The maximum Gasteiger partial charge on any atom is 0.410 e. The minimum atomic E-state index is -1.43. The molecule has 1 unspecified atom stereocenters. The lowest BCUT2D eigenvalue weighted by Gasteiger charge is -2.17. The molecule has 104 valence electrons. The molecule has 0 radical (unpaired) electrons. The van der Waals surface area contributed by atoms with Gasteiger partial charge in [-0.05, 0) is 32.9 Å². The van der Waals surface area contributed by atoms with Crippen LogP contribution < -0.4 is 5.32 Å². The molecule has 6 nitrogen and oxygen atoms in total. The predicted octanol–water partition coefficient (Wildman–Crippen LogP) is 2.71. The molecule has 0 spiro atoms. The summed E-state index contributed by atoms with van der Waals surface area (Å²) < 4.78 is 15.1. The highest BCUT2D eigenvalue weighted by molar-refractivity contribution is 7.91. The lowest BCUT2D eigenvalue weighted by molar-refractivity contribution is 0.209. The fraction of sp³-hybridized carbons (Fsp3) is 0.364. The van der Waals surface area contributed by atoms with Gasteiger partial charge in [0.15, 0.2) is 0 Å². The summed E-state index contributed by atoms with van der Waals surface area (Å²) in [6, 6.07) is 2.91. The predicted molar refractivity (Wildman–Crippen MR) is 76.4 cm³/mol. The molecule has 0 bridgehead atoms. The van der Waals surface area contributed by atoms with E-state index in [1.165, 1.54) is 18.3 Å². The van der Waals surface area contributed by atoms with Gasteiger partial charge in [0.2, 0.25) is 0 Å². The number of pyridine rings is 1. The first-order valence-corrected chi connectivity index (χ1v) is 6.81. The summed E-state index contributed by atoms with van der Waals surface area (Å²) in [4.78, 5) is 14.5. The van der Waals surface area contributed by atoms with Crippen molar-refractivity contribution in [2.24, 2.45) is 4.40 Å². The number of rotatable bonds is 3. The van der Waals surface area contributed by atoms with Crippen LogP contribution in [0.3, 0.4) is 0 Å². The number of carbonyl (C=O) groups is 1. The van der Waals surface area contributed by atoms with Gasteiger partial charge in [-0.1, -0.05) is 16.0 Å². The Balaban J connectivity index is 2.94. The van der Waals surface area contributed by atoms with E-state index in [0.717, 1.165) is 0 Å². The first-order chi connectivity index (χ1) is 8.70. The van der Waals surface area contributed by atoms with E-state index in [4.69, 9.17) is 16.7 Å². The van der Waals surface area contributed by atoms with Crippen LogP contribution in [-0.2, 0) is 11.4 Å². The zero-order valence-electron chi connectivity index (χ0n) is 10.7. The Morgan fingerprint density at radius 1 is 1.58 bits per heavy atom. The summed E-state index contributed by atoms with van der Waals surface area (Å²) in [6.07, 6.45) is 0.0486. The van der Waals surface area contributed by atoms with E-state index >= 15 is 0 Å². The molecule has 1 rings (SSSR count). The van der Waals surface area contributed by atoms with Gasteiger partial charge in [0.05, 0.1) is 5.02 Å². The van der Waals surface area contributed by atoms with Crippen LogP contribution in [0.15, 0.2) is 16.5 Å². The Morgan fingerprint density at radius 2 is 2.21 bits per heavy atom. The number of amides is 1. The van der Waals surface area contributed by atoms with E-state index in [1.54, 1.807) is 20.8 Å². The number of nitrogens with zero attached hydrogens (tertiary/aromatic N) is 2. The van der Waals surface area contributed by atoms with Crippen molar-refractivity contribution >= 4 is 41.1 Å². The zero-order chi connectivity index (χ0) is 14.6. The monoisotopic (exact) mass is 303 g/mol. The summed E-state index contributed by atoms with van der Waals surface area (Å²) in [5.41, 5.74) is 0.255. The molecule has 1 heterocycles. The Labute approximate surface area is 119 Å². The fourth-order valence-corrected chi connectivity index (χ4v) is 1.65. The molecule has 2 N–H and O–H groups in total. The van der Waals surface area contributed by atoms with Crippen LogP contribution in [0.1, 0.15) is 26.5 Å². The van der Waals surface area contributed by atoms with E-state index < -0.39 is 22.2 Å². The van der Waals surface area contributed by atoms with Crippen LogP contribution in [0.25, 0.3) is 0 Å². The third-order valence-electron chi connectivity index (χ3n) is 1.90. The van der Waals surface area contributed by atoms with Crippen molar-refractivity contribution in [2.45, 2.75) is 25.5 Å². The molecule has 0 aliphatic rings. The summed E-state index contributed by atoms with van der Waals surface area (Å²) in [5, 5.41) is 11.0. The molecule has 1 amide bonds. The van der Waals surface area contributed by atoms with Crippen molar-refractivity contribution < 1.29 is 14.5 Å². The molecule has 8 heteroatoms. The van der Waals surface area contributed by atoms with E-state index in [2.05, 4.69) is 14.7 Å². The van der Waals surface area contributed by atoms with Crippen molar-refractivity contribution in [3.05, 3.63) is 22.8 Å². The number of carboxylic acid groups (broad SMARTS) is 1. The van der Waals surface area contributed by atoms with E-state index in [1.807, 2.05) is 0 Å². The van der Waals surface area contributed by atoms with Crippen molar-refractivity contribution in [2.75, 3.05) is 5.32 Å². The molecule has 0 aliphatic heterocycles. The summed E-state index contributed by atoms with van der Waals surface area (Å²) in [6.45, 7) is 5.37. The van der Waals surface area contributed by atoms with Gasteiger partial charge in [0, 0.05) is 0 Å². The van der Waals surface area contributed by atoms with Crippen molar-refractivity contribution in [3.63, 3.8) is 0 Å². The highest BCUT2D eigenvalue weighted by Gasteiger charge is 2.26. The molecular weight excluding hydrogens is 290 g/mol. The minimum absolute atomic E-state index is 0.125. The maximum atomic E-state index is 11.7. The summed E-state index contributed by atoms with van der Waals surface area (Å²) in [5.74, 6) is 0.125. The van der Waals surface area contributed by atoms with Crippen molar-refractivity contribution in [1.82, 2.24) is 4.98 Å². The second kappa shape index (κ2) is 6.23. The van der Waals surface area contributed by atoms with Crippen LogP contribution in [0.5, 0.6) is 0 Å². The Hall–Kier alpha value is -1.31. The molecule has 1 atom stereocenters. The minimum Gasteiger partial charge on any atom is -0.591 e. The molecular formula is C11H14ClN3O3S. The number of hydrogen-bond donors (Lipinski definition) is 2. The van der Waals surface area contributed by atoms with Crippen LogP contribution in [0.4, 0.5) is 10.6 Å². The highest BCUT2D eigenvalue weighted by Crippen LogP contribution is 2.19. The second-order valence-corrected chi connectivity index (χ2v) is 6.93. The van der Waals surface area contributed by atoms with E-state index in [-0.39, 0.29) is 11.5 Å². The normalized spacial score (nSPS) is 13.5. The third-order valence-corrected chi connectivity index (χ3v) is 3.57. The number of anilines is 1. The van der Waals surface area contributed by atoms with Crippen molar-refractivity contribution in [3.8, 4) is 0 Å². The molecule has 0 saturated carbocycles. The molecule has 0 aliphatic carbocycles. The van der Waals surface area contributed by atoms with Gasteiger partial charge in [-0.2, -0.15) is 0 Å². The van der Waals surface area contributed by atoms with E-state index in [9.17, 15) is 9.35 Å². The summed E-state index contributed by atoms with van der Waals surface area (Å²) >= 11 is 4.47. The van der Waals surface area contributed by atoms with Crippen LogP contribution in [0.2, 0.25) is 5.02 Å². The van der Waals surface area contributed by atoms with Gasteiger partial charge in [-0.25, -0.2) is 9.78 Å². The topological polar surface area (TPSA) is 97.6 Å². The van der Waals surface area contributed by atoms with Gasteiger partial charge >= 0.3 is 6.09 Å². The highest BCUT2D eigenvalue weighted by atomic mass is 35.5. The van der Waals surface area contributed by atoms with Gasteiger partial charge in [-0.15, -0.1) is 0 Å². The number of halogens is 1. The Bertz CT molecular complexity index is 502. The van der Waals surface area contributed by atoms with Gasteiger partial charge in [-0.3, -0.25) is 5.32 Å². The third kappa shape index (κ3) is 5.06. The van der Waals surface area contributed by atoms with Gasteiger partial charge < -0.3 is 9.66 Å². The average Bonchev–Trinajstić information content (AvgIpc) is 2.27. The lowest BCUT2D eigenvalue weighted by atomic mass is 10.3. The summed E-state index contributed by atoms with van der Waals surface area (Å²) in [7, 11) is 0. The number of nitrogens with one attached hydrogen (secondary N) is 1. The van der Waals surface area contributed by atoms with E-state index in [0.29, 0.717) is 5.02 Å². The first kappa shape index (κ1) is 15.7. The van der Waals surface area contributed by atoms with Crippen molar-refractivity contribution in [1.29, 1.82) is 0 Å². The number of aromatic nitrogens is 1. The largest absolute Gasteiger partial charge is 0.591 e. The zero-order valence-corrected chi connectivity index (χ0v) is 12.2. The standard InChI is InChI=1S/C11H14ClN3O3S/c1-11(2,3)19(18)13-6-8-7(12)4-5-9(14-8)15-10(16)17/h4-6H,1-3H3,(H,14,15)(H,16,17)/b13-6+. The average molecular weight is 304 g/mol. The molecule has 19 heavy (non-hydrogen) atoms. The molecule has 0 saturated heterocycles. The maximum absolute atomic E-state index is 11.7. The smallest absolute Gasteiger partial charge is 0.410 e. The molecule has 0 fully saturated rings. The van der Waals surface area contributed by atoms with Crippen LogP contribution in [-0.4, -0.2) is 31.7 Å². The Morgan fingerprint density at radius 3 is 2.74 bits per heavy atom. The second-order valence-electron chi connectivity index (χ2n) is 4.59. The quantitative estimate of drug-likeness (QED) is 0.662. The molecule has 0 aromatic carbocycles. The number of hydrogen-bond acceptors (Lipinski definition) is 4. The molecule has 1 aromatic rings. The van der Waals surface area contributed by atoms with Crippen LogP contribution in [0, 0.1) is 0 Å². The lowest BCUT2D eigenvalue weighted by Crippen LogP contribution is -2.25. The SMILES string of the molecule is CC(C)(C)[S+]([O-])/N=C/c1nc(NC(=O)O)ccc1Cl. The van der Waals surface area contributed by atoms with Crippen LogP contribution >= 0.6 is 11.6 Å². The fourth-order valence-electron chi connectivity index (χ4n) is 0.984. The van der Waals surface area contributed by atoms with Gasteiger partial charge in [0.1, 0.15) is 33.8 Å². The molecule has 1 aromatic heterocycles.